The van der Waals surface area contributed by atoms with Crippen LogP contribution in [0.4, 0.5) is 11.9 Å². The van der Waals surface area contributed by atoms with Gasteiger partial charge in [0.2, 0.25) is 11.9 Å². The number of hydrogen-bond donors (Lipinski definition) is 1. The second-order valence-electron chi connectivity index (χ2n) is 5.03. The zero-order chi connectivity index (χ0) is 13.7. The Morgan fingerprint density at radius 3 is 2.63 bits per heavy atom. The third-order valence-electron chi connectivity index (χ3n) is 3.49. The molecule has 0 amide bonds. The van der Waals surface area contributed by atoms with Crippen LogP contribution in [-0.2, 0) is 0 Å². The highest BCUT2D eigenvalue weighted by atomic mass is 16.5. The summed E-state index contributed by atoms with van der Waals surface area (Å²) in [6, 6.07) is 0.821. The van der Waals surface area contributed by atoms with Crippen molar-refractivity contribution in [2.24, 2.45) is 0 Å². The van der Waals surface area contributed by atoms with E-state index >= 15 is 0 Å². The van der Waals surface area contributed by atoms with Gasteiger partial charge < -0.3 is 15.4 Å². The van der Waals surface area contributed by atoms with Crippen LogP contribution in [0.1, 0.15) is 45.4 Å². The van der Waals surface area contributed by atoms with Gasteiger partial charge >= 0.3 is 6.01 Å². The van der Waals surface area contributed by atoms with Gasteiger partial charge in [0.15, 0.2) is 0 Å². The van der Waals surface area contributed by atoms with E-state index in [4.69, 9.17) is 10.5 Å². The van der Waals surface area contributed by atoms with E-state index in [0.717, 1.165) is 6.42 Å². The number of nitrogens with two attached hydrogens (primary N) is 1. The zero-order valence-electron chi connectivity index (χ0n) is 11.8. The first kappa shape index (κ1) is 13.8. The van der Waals surface area contributed by atoms with Crippen LogP contribution in [-0.4, -0.2) is 34.6 Å². The molecule has 0 radical (unpaired) electrons. The summed E-state index contributed by atoms with van der Waals surface area (Å²) in [6.07, 6.45) is 7.16. The minimum absolute atomic E-state index is 0.221. The van der Waals surface area contributed by atoms with E-state index < -0.39 is 0 Å². The van der Waals surface area contributed by atoms with Crippen LogP contribution in [0.2, 0.25) is 0 Å². The standard InChI is InChI=1S/C13H23N5O/c1-3-9-19-13-16-11(14)15-12(17-13)18(2)10-7-5-4-6-8-10/h10H,3-9H2,1-2H3,(H2,14,15,16,17). The summed E-state index contributed by atoms with van der Waals surface area (Å²) in [5.41, 5.74) is 5.73. The number of ether oxygens (including phenoxy) is 1. The zero-order valence-corrected chi connectivity index (χ0v) is 11.8. The molecule has 19 heavy (non-hydrogen) atoms. The molecule has 1 saturated carbocycles. The summed E-state index contributed by atoms with van der Waals surface area (Å²) in [6.45, 7) is 2.63. The number of hydrogen-bond acceptors (Lipinski definition) is 6. The van der Waals surface area contributed by atoms with Crippen LogP contribution in [0.5, 0.6) is 6.01 Å². The molecule has 0 saturated heterocycles. The Balaban J connectivity index is 2.11. The Bertz CT molecular complexity index is 406. The highest BCUT2D eigenvalue weighted by Crippen LogP contribution is 2.25. The minimum atomic E-state index is 0.221. The summed E-state index contributed by atoms with van der Waals surface area (Å²) < 4.78 is 5.45. The molecule has 2 N–H and O–H groups in total. The van der Waals surface area contributed by atoms with Crippen LogP contribution in [0.25, 0.3) is 0 Å². The van der Waals surface area contributed by atoms with Crippen molar-refractivity contribution >= 4 is 11.9 Å². The molecule has 0 atom stereocenters. The first-order valence-corrected chi connectivity index (χ1v) is 7.08. The predicted molar refractivity (Wildman–Crippen MR) is 75.3 cm³/mol. The van der Waals surface area contributed by atoms with Gasteiger partial charge in [-0.25, -0.2) is 0 Å². The van der Waals surface area contributed by atoms with Gasteiger partial charge in [-0.05, 0) is 19.3 Å². The van der Waals surface area contributed by atoms with E-state index in [1.165, 1.54) is 32.1 Å². The summed E-state index contributed by atoms with van der Waals surface area (Å²) in [5, 5.41) is 0. The predicted octanol–water partition coefficient (Wildman–Crippen LogP) is 2.01. The highest BCUT2D eigenvalue weighted by molar-refractivity contribution is 5.36. The van der Waals surface area contributed by atoms with Crippen molar-refractivity contribution in [3.05, 3.63) is 0 Å². The van der Waals surface area contributed by atoms with E-state index in [2.05, 4.69) is 19.9 Å². The van der Waals surface area contributed by atoms with Gasteiger partial charge in [-0.1, -0.05) is 26.2 Å². The fourth-order valence-electron chi connectivity index (χ4n) is 2.41. The molecule has 0 spiro atoms. The first-order valence-electron chi connectivity index (χ1n) is 7.08. The largest absolute Gasteiger partial charge is 0.463 e. The van der Waals surface area contributed by atoms with Crippen molar-refractivity contribution in [2.75, 3.05) is 24.3 Å². The van der Waals surface area contributed by atoms with Gasteiger partial charge in [0, 0.05) is 13.1 Å². The smallest absolute Gasteiger partial charge is 0.323 e. The Morgan fingerprint density at radius 2 is 1.95 bits per heavy atom. The Labute approximate surface area is 114 Å². The van der Waals surface area contributed by atoms with E-state index in [0.29, 0.717) is 24.6 Å². The molecule has 1 aromatic rings. The fourth-order valence-corrected chi connectivity index (χ4v) is 2.41. The molecule has 6 heteroatoms. The van der Waals surface area contributed by atoms with Crippen molar-refractivity contribution < 1.29 is 4.74 Å². The lowest BCUT2D eigenvalue weighted by atomic mass is 9.95. The minimum Gasteiger partial charge on any atom is -0.463 e. The second-order valence-corrected chi connectivity index (χ2v) is 5.03. The average molecular weight is 265 g/mol. The second kappa shape index (κ2) is 6.54. The Morgan fingerprint density at radius 1 is 1.21 bits per heavy atom. The van der Waals surface area contributed by atoms with Gasteiger partial charge in [-0.2, -0.15) is 15.0 Å². The monoisotopic (exact) mass is 265 g/mol. The molecular weight excluding hydrogens is 242 g/mol. The normalized spacial score (nSPS) is 16.3. The molecule has 0 bridgehead atoms. The van der Waals surface area contributed by atoms with E-state index in [-0.39, 0.29) is 5.95 Å². The van der Waals surface area contributed by atoms with Gasteiger partial charge in [0.1, 0.15) is 0 Å². The van der Waals surface area contributed by atoms with Crippen molar-refractivity contribution in [1.82, 2.24) is 15.0 Å². The molecule has 0 aromatic carbocycles. The van der Waals surface area contributed by atoms with E-state index in [1.807, 2.05) is 14.0 Å². The van der Waals surface area contributed by atoms with Crippen molar-refractivity contribution in [1.29, 1.82) is 0 Å². The third-order valence-corrected chi connectivity index (χ3v) is 3.49. The van der Waals surface area contributed by atoms with Crippen molar-refractivity contribution in [3.63, 3.8) is 0 Å². The molecule has 1 aliphatic carbocycles. The average Bonchev–Trinajstić information content (AvgIpc) is 2.44. The molecule has 0 unspecified atom stereocenters. The SMILES string of the molecule is CCCOc1nc(N)nc(N(C)C2CCCCC2)n1. The summed E-state index contributed by atoms with van der Waals surface area (Å²) >= 11 is 0. The highest BCUT2D eigenvalue weighted by Gasteiger charge is 2.21. The van der Waals surface area contributed by atoms with Crippen LogP contribution in [0, 0.1) is 0 Å². The number of aromatic nitrogens is 3. The lowest BCUT2D eigenvalue weighted by molar-refractivity contribution is 0.291. The third kappa shape index (κ3) is 3.68. The maximum atomic E-state index is 5.73. The molecular formula is C13H23N5O. The lowest BCUT2D eigenvalue weighted by Gasteiger charge is -2.31. The topological polar surface area (TPSA) is 77.2 Å². The number of anilines is 2. The maximum Gasteiger partial charge on any atom is 0.323 e. The van der Waals surface area contributed by atoms with Crippen LogP contribution >= 0.6 is 0 Å². The molecule has 2 rings (SSSR count). The van der Waals surface area contributed by atoms with Crippen molar-refractivity contribution in [2.45, 2.75) is 51.5 Å². The molecule has 1 aromatic heterocycles. The Kier molecular flexibility index (Phi) is 4.76. The first-order chi connectivity index (χ1) is 9.20. The number of rotatable bonds is 5. The van der Waals surface area contributed by atoms with Gasteiger partial charge in [0.25, 0.3) is 0 Å². The van der Waals surface area contributed by atoms with E-state index in [1.54, 1.807) is 0 Å². The van der Waals surface area contributed by atoms with Gasteiger partial charge in [-0.15, -0.1) is 0 Å². The number of nitrogens with zero attached hydrogens (tertiary/aromatic N) is 4. The Hall–Kier alpha value is -1.59. The summed E-state index contributed by atoms with van der Waals surface area (Å²) in [7, 11) is 2.02. The van der Waals surface area contributed by atoms with E-state index in [9.17, 15) is 0 Å². The number of nitrogen functional groups attached to an aromatic ring is 1. The van der Waals surface area contributed by atoms with Crippen LogP contribution in [0.3, 0.4) is 0 Å². The molecule has 1 heterocycles. The summed E-state index contributed by atoms with van der Waals surface area (Å²) in [5.74, 6) is 0.837. The molecule has 0 aliphatic heterocycles. The maximum absolute atomic E-state index is 5.73. The van der Waals surface area contributed by atoms with Gasteiger partial charge in [0.05, 0.1) is 6.61 Å². The molecule has 1 aliphatic rings. The molecule has 1 fully saturated rings. The summed E-state index contributed by atoms with van der Waals surface area (Å²) in [4.78, 5) is 14.7. The molecule has 6 nitrogen and oxygen atoms in total. The van der Waals surface area contributed by atoms with Gasteiger partial charge in [-0.3, -0.25) is 0 Å². The molecule has 106 valence electrons. The fraction of sp³-hybridized carbons (Fsp3) is 0.769. The van der Waals surface area contributed by atoms with Crippen LogP contribution in [0.15, 0.2) is 0 Å². The lowest BCUT2D eigenvalue weighted by Crippen LogP contribution is -2.34. The van der Waals surface area contributed by atoms with Crippen molar-refractivity contribution in [3.8, 4) is 6.01 Å². The van der Waals surface area contributed by atoms with Crippen LogP contribution < -0.4 is 15.4 Å². The quantitative estimate of drug-likeness (QED) is 0.877.